The number of para-hydroxylation sites is 1. The average Bonchev–Trinajstić information content (AvgIpc) is 2.75. The first-order valence-electron chi connectivity index (χ1n) is 9.49. The molecule has 146 valence electrons. The molecule has 2 aliphatic heterocycles. The van der Waals surface area contributed by atoms with Crippen LogP contribution in [0.25, 0.3) is 6.08 Å². The molecule has 2 N–H and O–H groups in total. The van der Waals surface area contributed by atoms with Crippen LogP contribution < -0.4 is 20.1 Å². The Hall–Kier alpha value is -2.99. The SMILES string of the molecule is COc1cccc2c1OCC(C(=O)Nc1ccc(NC3CCOCC3)cc1)=C2. The summed E-state index contributed by atoms with van der Waals surface area (Å²) in [5, 5.41) is 6.45. The summed E-state index contributed by atoms with van der Waals surface area (Å²) in [6.45, 7) is 1.82. The quantitative estimate of drug-likeness (QED) is 0.828. The molecule has 28 heavy (non-hydrogen) atoms. The van der Waals surface area contributed by atoms with Crippen molar-refractivity contribution in [3.63, 3.8) is 0 Å². The summed E-state index contributed by atoms with van der Waals surface area (Å²) in [7, 11) is 1.60. The van der Waals surface area contributed by atoms with Gasteiger partial charge >= 0.3 is 0 Å². The van der Waals surface area contributed by atoms with Crippen molar-refractivity contribution >= 4 is 23.4 Å². The van der Waals surface area contributed by atoms with E-state index in [1.807, 2.05) is 48.5 Å². The van der Waals surface area contributed by atoms with Gasteiger partial charge < -0.3 is 24.8 Å². The molecule has 0 unspecified atom stereocenters. The topological polar surface area (TPSA) is 68.8 Å². The van der Waals surface area contributed by atoms with E-state index in [0.29, 0.717) is 23.1 Å². The largest absolute Gasteiger partial charge is 0.493 e. The third kappa shape index (κ3) is 4.12. The van der Waals surface area contributed by atoms with Crippen LogP contribution >= 0.6 is 0 Å². The number of amides is 1. The van der Waals surface area contributed by atoms with E-state index < -0.39 is 0 Å². The van der Waals surface area contributed by atoms with Crippen LogP contribution in [0.3, 0.4) is 0 Å². The second-order valence-corrected chi connectivity index (χ2v) is 6.90. The smallest absolute Gasteiger partial charge is 0.255 e. The van der Waals surface area contributed by atoms with Crippen molar-refractivity contribution in [3.05, 3.63) is 53.6 Å². The number of benzene rings is 2. The summed E-state index contributed by atoms with van der Waals surface area (Å²) in [5.74, 6) is 1.17. The molecular weight excluding hydrogens is 356 g/mol. The number of fused-ring (bicyclic) bond motifs is 1. The minimum Gasteiger partial charge on any atom is -0.493 e. The van der Waals surface area contributed by atoms with E-state index in [2.05, 4.69) is 10.6 Å². The van der Waals surface area contributed by atoms with Crippen molar-refractivity contribution < 1.29 is 19.0 Å². The number of methoxy groups -OCH3 is 1. The molecular formula is C22H24N2O4. The average molecular weight is 380 g/mol. The number of hydrogen-bond acceptors (Lipinski definition) is 5. The zero-order valence-corrected chi connectivity index (χ0v) is 15.9. The third-order valence-corrected chi connectivity index (χ3v) is 4.96. The van der Waals surface area contributed by atoms with Crippen molar-refractivity contribution in [1.82, 2.24) is 0 Å². The van der Waals surface area contributed by atoms with Gasteiger partial charge in [-0.15, -0.1) is 0 Å². The van der Waals surface area contributed by atoms with Crippen LogP contribution in [0.2, 0.25) is 0 Å². The lowest BCUT2D eigenvalue weighted by Gasteiger charge is -2.24. The molecule has 4 rings (SSSR count). The summed E-state index contributed by atoms with van der Waals surface area (Å²) >= 11 is 0. The van der Waals surface area contributed by atoms with E-state index in [1.54, 1.807) is 7.11 Å². The van der Waals surface area contributed by atoms with E-state index in [9.17, 15) is 4.79 Å². The number of carbonyl (C=O) groups is 1. The zero-order valence-electron chi connectivity index (χ0n) is 15.9. The van der Waals surface area contributed by atoms with Crippen molar-refractivity contribution in [2.45, 2.75) is 18.9 Å². The van der Waals surface area contributed by atoms with Crippen molar-refractivity contribution in [3.8, 4) is 11.5 Å². The molecule has 0 atom stereocenters. The summed E-state index contributed by atoms with van der Waals surface area (Å²) < 4.78 is 16.4. The molecule has 0 radical (unpaired) electrons. The number of rotatable bonds is 5. The minimum atomic E-state index is -0.168. The first-order valence-corrected chi connectivity index (χ1v) is 9.49. The Kier molecular flexibility index (Phi) is 5.48. The number of hydrogen-bond donors (Lipinski definition) is 2. The second-order valence-electron chi connectivity index (χ2n) is 6.90. The van der Waals surface area contributed by atoms with E-state index in [0.717, 1.165) is 43.0 Å². The van der Waals surface area contributed by atoms with Gasteiger partial charge in [0.05, 0.1) is 12.7 Å². The summed E-state index contributed by atoms with van der Waals surface area (Å²) in [4.78, 5) is 12.6. The van der Waals surface area contributed by atoms with Crippen molar-refractivity contribution in [1.29, 1.82) is 0 Å². The molecule has 6 nitrogen and oxygen atoms in total. The Morgan fingerprint density at radius 3 is 2.57 bits per heavy atom. The maximum absolute atomic E-state index is 12.6. The van der Waals surface area contributed by atoms with Gasteiger partial charge in [-0.3, -0.25) is 4.79 Å². The fourth-order valence-electron chi connectivity index (χ4n) is 3.41. The molecule has 2 aliphatic rings. The Balaban J connectivity index is 1.40. The fraction of sp³-hybridized carbons (Fsp3) is 0.318. The van der Waals surface area contributed by atoms with Crippen molar-refractivity contribution in [2.75, 3.05) is 37.6 Å². The number of anilines is 2. The highest BCUT2D eigenvalue weighted by atomic mass is 16.5. The highest BCUT2D eigenvalue weighted by Crippen LogP contribution is 2.35. The van der Waals surface area contributed by atoms with Gasteiger partial charge in [-0.1, -0.05) is 12.1 Å². The van der Waals surface area contributed by atoms with E-state index in [-0.39, 0.29) is 12.5 Å². The van der Waals surface area contributed by atoms with Gasteiger partial charge in [0.25, 0.3) is 5.91 Å². The van der Waals surface area contributed by atoms with E-state index in [1.165, 1.54) is 0 Å². The van der Waals surface area contributed by atoms with E-state index in [4.69, 9.17) is 14.2 Å². The highest BCUT2D eigenvalue weighted by Gasteiger charge is 2.20. The molecule has 2 aromatic carbocycles. The zero-order chi connectivity index (χ0) is 19.3. The van der Waals surface area contributed by atoms with Gasteiger partial charge in [-0.05, 0) is 49.2 Å². The first-order chi connectivity index (χ1) is 13.7. The molecule has 0 aromatic heterocycles. The first kappa shape index (κ1) is 18.4. The second kappa shape index (κ2) is 8.35. The molecule has 0 saturated carbocycles. The maximum atomic E-state index is 12.6. The molecule has 0 spiro atoms. The fourth-order valence-corrected chi connectivity index (χ4v) is 3.41. The monoisotopic (exact) mass is 380 g/mol. The van der Waals surface area contributed by atoms with Gasteiger partial charge in [-0.2, -0.15) is 0 Å². The molecule has 2 aromatic rings. The molecule has 1 fully saturated rings. The lowest BCUT2D eigenvalue weighted by atomic mass is 10.1. The Morgan fingerprint density at radius 2 is 1.82 bits per heavy atom. The number of nitrogens with one attached hydrogen (secondary N) is 2. The standard InChI is InChI=1S/C22H24N2O4/c1-26-20-4-2-3-15-13-16(14-28-21(15)20)22(25)24-18-7-5-17(6-8-18)23-19-9-11-27-12-10-19/h2-8,13,19,23H,9-12,14H2,1H3,(H,24,25). The van der Waals surface area contributed by atoms with Crippen LogP contribution in [-0.2, 0) is 9.53 Å². The molecule has 0 aliphatic carbocycles. The Morgan fingerprint density at radius 1 is 1.07 bits per heavy atom. The van der Waals surface area contributed by atoms with Gasteiger partial charge in [0.15, 0.2) is 11.5 Å². The third-order valence-electron chi connectivity index (χ3n) is 4.96. The van der Waals surface area contributed by atoms with Crippen LogP contribution in [0.1, 0.15) is 18.4 Å². The van der Waals surface area contributed by atoms with E-state index >= 15 is 0 Å². The number of ether oxygens (including phenoxy) is 3. The normalized spacial score (nSPS) is 16.4. The molecule has 1 saturated heterocycles. The summed E-state index contributed by atoms with van der Waals surface area (Å²) in [6, 6.07) is 13.8. The molecule has 0 bridgehead atoms. The summed E-state index contributed by atoms with van der Waals surface area (Å²) in [5.41, 5.74) is 3.21. The van der Waals surface area contributed by atoms with Gasteiger partial charge in [0, 0.05) is 36.2 Å². The van der Waals surface area contributed by atoms with Crippen LogP contribution in [-0.4, -0.2) is 38.9 Å². The molecule has 1 amide bonds. The Bertz CT molecular complexity index is 871. The maximum Gasteiger partial charge on any atom is 0.255 e. The number of carbonyl (C=O) groups excluding carboxylic acids is 1. The van der Waals surface area contributed by atoms with Crippen LogP contribution in [0.4, 0.5) is 11.4 Å². The lowest BCUT2D eigenvalue weighted by Crippen LogP contribution is -2.27. The summed E-state index contributed by atoms with van der Waals surface area (Å²) in [6.07, 6.45) is 3.87. The van der Waals surface area contributed by atoms with Gasteiger partial charge in [0.1, 0.15) is 6.61 Å². The molecule has 2 heterocycles. The molecule has 6 heteroatoms. The Labute approximate surface area is 164 Å². The van der Waals surface area contributed by atoms with Crippen LogP contribution in [0.5, 0.6) is 11.5 Å². The predicted molar refractivity (Wildman–Crippen MR) is 109 cm³/mol. The van der Waals surface area contributed by atoms with Crippen LogP contribution in [0.15, 0.2) is 48.0 Å². The van der Waals surface area contributed by atoms with Gasteiger partial charge in [0.2, 0.25) is 0 Å². The van der Waals surface area contributed by atoms with Crippen molar-refractivity contribution in [2.24, 2.45) is 0 Å². The van der Waals surface area contributed by atoms with Crippen LogP contribution in [0, 0.1) is 0 Å². The highest BCUT2D eigenvalue weighted by molar-refractivity contribution is 6.07. The van der Waals surface area contributed by atoms with Gasteiger partial charge in [-0.25, -0.2) is 0 Å². The lowest BCUT2D eigenvalue weighted by molar-refractivity contribution is -0.113. The minimum absolute atomic E-state index is 0.168. The predicted octanol–water partition coefficient (Wildman–Crippen LogP) is 3.70.